The lowest BCUT2D eigenvalue weighted by Gasteiger charge is -2.60. The number of aliphatic hydroxyl groups is 2. The normalized spacial score (nSPS) is 41.6. The Labute approximate surface area is 186 Å². The van der Waals surface area contributed by atoms with Crippen LogP contribution in [0.3, 0.4) is 0 Å². The van der Waals surface area contributed by atoms with Crippen molar-refractivity contribution in [1.29, 1.82) is 0 Å². The van der Waals surface area contributed by atoms with Crippen LogP contribution in [0.15, 0.2) is 11.6 Å². The summed E-state index contributed by atoms with van der Waals surface area (Å²) in [6.45, 7) is 10.6. The fourth-order valence-electron chi connectivity index (χ4n) is 6.01. The second kappa shape index (κ2) is 9.22. The van der Waals surface area contributed by atoms with Gasteiger partial charge in [-0.1, -0.05) is 46.3 Å². The molecule has 0 bridgehead atoms. The fourth-order valence-corrected chi connectivity index (χ4v) is 6.01. The van der Waals surface area contributed by atoms with Crippen molar-refractivity contribution in [3.05, 3.63) is 11.6 Å². The molecule has 6 heteroatoms. The SMILES string of the molecule is CC[C@H](C)C(=O)O[C@H]1C[C@H](O)C=C2CC[C@H](C)C(C)(CC[C@@H]3C[C@@H](O)CC(=O)O3)[C@]21C. The zero-order valence-electron chi connectivity index (χ0n) is 19.7. The summed E-state index contributed by atoms with van der Waals surface area (Å²) in [6, 6.07) is 0. The largest absolute Gasteiger partial charge is 0.462 e. The van der Waals surface area contributed by atoms with E-state index in [2.05, 4.69) is 20.8 Å². The van der Waals surface area contributed by atoms with Crippen molar-refractivity contribution in [3.8, 4) is 0 Å². The average Bonchev–Trinajstić information content (AvgIpc) is 2.70. The molecule has 1 saturated carbocycles. The minimum absolute atomic E-state index is 0.0697. The third-order valence-electron chi connectivity index (χ3n) is 8.78. The zero-order valence-corrected chi connectivity index (χ0v) is 19.7. The van der Waals surface area contributed by atoms with Crippen LogP contribution in [0.4, 0.5) is 0 Å². The van der Waals surface area contributed by atoms with Gasteiger partial charge in [0.05, 0.1) is 24.5 Å². The highest BCUT2D eigenvalue weighted by Gasteiger charge is 2.59. The Morgan fingerprint density at radius 3 is 2.68 bits per heavy atom. The molecule has 1 saturated heterocycles. The first-order valence-corrected chi connectivity index (χ1v) is 12.0. The van der Waals surface area contributed by atoms with E-state index in [0.29, 0.717) is 25.2 Å². The van der Waals surface area contributed by atoms with Gasteiger partial charge in [-0.15, -0.1) is 0 Å². The number of hydrogen-bond acceptors (Lipinski definition) is 6. The first-order chi connectivity index (χ1) is 14.5. The molecule has 8 atom stereocenters. The van der Waals surface area contributed by atoms with Gasteiger partial charge in [0.2, 0.25) is 0 Å². The maximum Gasteiger partial charge on any atom is 0.308 e. The number of esters is 2. The number of hydrogen-bond donors (Lipinski definition) is 2. The fraction of sp³-hybridized carbons (Fsp3) is 0.840. The molecular formula is C25H40O6. The van der Waals surface area contributed by atoms with Gasteiger partial charge in [-0.3, -0.25) is 9.59 Å². The van der Waals surface area contributed by atoms with Gasteiger partial charge in [0.1, 0.15) is 12.2 Å². The van der Waals surface area contributed by atoms with Crippen molar-refractivity contribution in [1.82, 2.24) is 0 Å². The monoisotopic (exact) mass is 436 g/mol. The number of carbonyl (C=O) groups is 2. The predicted molar refractivity (Wildman–Crippen MR) is 117 cm³/mol. The smallest absolute Gasteiger partial charge is 0.308 e. The first-order valence-electron chi connectivity index (χ1n) is 12.0. The second-order valence-electron chi connectivity index (χ2n) is 10.5. The number of cyclic esters (lactones) is 1. The van der Waals surface area contributed by atoms with E-state index < -0.39 is 23.7 Å². The zero-order chi connectivity index (χ0) is 23.0. The van der Waals surface area contributed by atoms with Crippen LogP contribution in [0.25, 0.3) is 0 Å². The molecule has 0 radical (unpaired) electrons. The maximum absolute atomic E-state index is 12.7. The predicted octanol–water partition coefficient (Wildman–Crippen LogP) is 3.92. The number of fused-ring (bicyclic) bond motifs is 1. The summed E-state index contributed by atoms with van der Waals surface area (Å²) in [4.78, 5) is 24.5. The van der Waals surface area contributed by atoms with Crippen LogP contribution < -0.4 is 0 Å². The van der Waals surface area contributed by atoms with Crippen molar-refractivity contribution < 1.29 is 29.3 Å². The van der Waals surface area contributed by atoms with Crippen molar-refractivity contribution >= 4 is 11.9 Å². The van der Waals surface area contributed by atoms with E-state index in [1.165, 1.54) is 5.57 Å². The van der Waals surface area contributed by atoms with Gasteiger partial charge >= 0.3 is 11.9 Å². The van der Waals surface area contributed by atoms with E-state index in [-0.39, 0.29) is 35.8 Å². The summed E-state index contributed by atoms with van der Waals surface area (Å²) in [5.41, 5.74) is 0.575. The first kappa shape index (κ1) is 24.2. The van der Waals surface area contributed by atoms with Crippen LogP contribution in [-0.4, -0.2) is 46.6 Å². The third kappa shape index (κ3) is 4.56. The topological polar surface area (TPSA) is 93.1 Å². The van der Waals surface area contributed by atoms with E-state index in [9.17, 15) is 19.8 Å². The van der Waals surface area contributed by atoms with Gasteiger partial charge in [0.15, 0.2) is 0 Å². The van der Waals surface area contributed by atoms with Crippen LogP contribution in [-0.2, 0) is 19.1 Å². The van der Waals surface area contributed by atoms with Gasteiger partial charge in [0, 0.05) is 18.3 Å². The summed E-state index contributed by atoms with van der Waals surface area (Å²) in [5, 5.41) is 20.5. The molecule has 3 rings (SSSR count). The molecule has 0 amide bonds. The molecule has 2 fully saturated rings. The van der Waals surface area contributed by atoms with Crippen LogP contribution in [0, 0.1) is 22.7 Å². The van der Waals surface area contributed by atoms with Crippen molar-refractivity contribution in [2.45, 2.75) is 110 Å². The minimum atomic E-state index is -0.636. The molecule has 1 heterocycles. The molecule has 2 N–H and O–H groups in total. The van der Waals surface area contributed by atoms with Crippen LogP contribution in [0.2, 0.25) is 0 Å². The summed E-state index contributed by atoms with van der Waals surface area (Å²) in [7, 11) is 0. The highest BCUT2D eigenvalue weighted by Crippen LogP contribution is 2.62. The summed E-state index contributed by atoms with van der Waals surface area (Å²) >= 11 is 0. The summed E-state index contributed by atoms with van der Waals surface area (Å²) in [6.07, 6.45) is 5.07. The Bertz CT molecular complexity index is 717. The van der Waals surface area contributed by atoms with E-state index >= 15 is 0 Å². The molecule has 0 aromatic rings. The van der Waals surface area contributed by atoms with Crippen molar-refractivity contribution in [3.63, 3.8) is 0 Å². The standard InChI is InChI=1S/C25H40O6/c1-6-15(2)23(29)31-21-13-18(26)11-17-8-7-16(3)24(4,25(17,21)5)10-9-20-12-19(27)14-22(28)30-20/h11,15-16,18-21,26-27H,6-10,12-14H2,1-5H3/t15-,16-,18+,19+,20+,21-,24?,25+/m0/s1. The van der Waals surface area contributed by atoms with Gasteiger partial charge < -0.3 is 19.7 Å². The molecule has 6 nitrogen and oxygen atoms in total. The van der Waals surface area contributed by atoms with E-state index in [0.717, 1.165) is 25.7 Å². The van der Waals surface area contributed by atoms with Crippen LogP contribution in [0.5, 0.6) is 0 Å². The lowest BCUT2D eigenvalue weighted by Crippen LogP contribution is -2.57. The number of ether oxygens (including phenoxy) is 2. The number of aliphatic hydroxyl groups excluding tert-OH is 2. The van der Waals surface area contributed by atoms with Gasteiger partial charge in [-0.2, -0.15) is 0 Å². The second-order valence-corrected chi connectivity index (χ2v) is 10.5. The van der Waals surface area contributed by atoms with E-state index in [1.54, 1.807) is 0 Å². The lowest BCUT2D eigenvalue weighted by atomic mass is 9.46. The average molecular weight is 437 g/mol. The third-order valence-corrected chi connectivity index (χ3v) is 8.78. The highest BCUT2D eigenvalue weighted by atomic mass is 16.6. The Hall–Kier alpha value is -1.40. The summed E-state index contributed by atoms with van der Waals surface area (Å²) < 4.78 is 11.6. The molecule has 31 heavy (non-hydrogen) atoms. The number of rotatable bonds is 6. The molecular weight excluding hydrogens is 396 g/mol. The molecule has 1 aliphatic heterocycles. The van der Waals surface area contributed by atoms with Gasteiger partial charge in [-0.05, 0) is 43.4 Å². The molecule has 1 unspecified atom stereocenters. The Morgan fingerprint density at radius 1 is 1.32 bits per heavy atom. The molecule has 176 valence electrons. The van der Waals surface area contributed by atoms with E-state index in [1.807, 2.05) is 19.9 Å². The van der Waals surface area contributed by atoms with Gasteiger partial charge in [0.25, 0.3) is 0 Å². The molecule has 0 aromatic carbocycles. The minimum Gasteiger partial charge on any atom is -0.462 e. The molecule has 0 spiro atoms. The Balaban J connectivity index is 1.88. The summed E-state index contributed by atoms with van der Waals surface area (Å²) in [5.74, 6) is -0.338. The Kier molecular flexibility index (Phi) is 7.21. The number of carbonyl (C=O) groups excluding carboxylic acids is 2. The Morgan fingerprint density at radius 2 is 2.03 bits per heavy atom. The van der Waals surface area contributed by atoms with Crippen LogP contribution >= 0.6 is 0 Å². The highest BCUT2D eigenvalue weighted by molar-refractivity contribution is 5.72. The molecule has 3 aliphatic rings. The molecule has 2 aliphatic carbocycles. The van der Waals surface area contributed by atoms with Crippen LogP contribution in [0.1, 0.15) is 86.0 Å². The van der Waals surface area contributed by atoms with E-state index in [4.69, 9.17) is 9.47 Å². The maximum atomic E-state index is 12.7. The quantitative estimate of drug-likeness (QED) is 0.484. The van der Waals surface area contributed by atoms with Crippen molar-refractivity contribution in [2.75, 3.05) is 0 Å². The van der Waals surface area contributed by atoms with Crippen molar-refractivity contribution in [2.24, 2.45) is 22.7 Å². The lowest BCUT2D eigenvalue weighted by molar-refractivity contribution is -0.177. The molecule has 0 aromatic heterocycles. The van der Waals surface area contributed by atoms with Gasteiger partial charge in [-0.25, -0.2) is 0 Å².